The van der Waals surface area contributed by atoms with E-state index in [1.165, 1.54) is 13.5 Å². The standard InChI is InChI=1S/C9H15NO2/c1-12-8(11)9(10)4-2-3-6-5-7(6)9/h6-7H,2-5,10H2,1H3. The van der Waals surface area contributed by atoms with Crippen LogP contribution in [-0.2, 0) is 9.53 Å². The van der Waals surface area contributed by atoms with Crippen LogP contribution in [0, 0.1) is 11.8 Å². The molecule has 0 heterocycles. The second-order valence-corrected chi connectivity index (χ2v) is 4.03. The fourth-order valence-electron chi connectivity index (χ4n) is 2.48. The highest BCUT2D eigenvalue weighted by atomic mass is 16.5. The summed E-state index contributed by atoms with van der Waals surface area (Å²) < 4.78 is 4.73. The Labute approximate surface area is 72.3 Å². The molecule has 0 bridgehead atoms. The number of esters is 1. The monoisotopic (exact) mass is 169 g/mol. The Morgan fingerprint density at radius 2 is 2.42 bits per heavy atom. The highest BCUT2D eigenvalue weighted by molar-refractivity contribution is 5.81. The van der Waals surface area contributed by atoms with Gasteiger partial charge in [0.1, 0.15) is 5.54 Å². The number of methoxy groups -OCH3 is 1. The Bertz CT molecular complexity index is 217. The van der Waals surface area contributed by atoms with Gasteiger partial charge < -0.3 is 10.5 Å². The lowest BCUT2D eigenvalue weighted by Gasteiger charge is -2.30. The second kappa shape index (κ2) is 2.46. The van der Waals surface area contributed by atoms with Crippen LogP contribution in [0.1, 0.15) is 25.7 Å². The Morgan fingerprint density at radius 3 is 3.08 bits per heavy atom. The van der Waals surface area contributed by atoms with Crippen molar-refractivity contribution in [3.05, 3.63) is 0 Å². The molecule has 0 aromatic carbocycles. The number of ether oxygens (including phenoxy) is 1. The van der Waals surface area contributed by atoms with Crippen LogP contribution in [-0.4, -0.2) is 18.6 Å². The van der Waals surface area contributed by atoms with Crippen LogP contribution < -0.4 is 5.73 Å². The number of fused-ring (bicyclic) bond motifs is 1. The maximum absolute atomic E-state index is 11.4. The number of rotatable bonds is 1. The van der Waals surface area contributed by atoms with Crippen molar-refractivity contribution in [1.29, 1.82) is 0 Å². The molecule has 3 unspecified atom stereocenters. The van der Waals surface area contributed by atoms with E-state index < -0.39 is 5.54 Å². The van der Waals surface area contributed by atoms with Crippen molar-refractivity contribution in [2.24, 2.45) is 17.6 Å². The van der Waals surface area contributed by atoms with E-state index in [1.807, 2.05) is 0 Å². The molecule has 0 saturated heterocycles. The molecule has 0 spiro atoms. The molecule has 0 aliphatic heterocycles. The van der Waals surface area contributed by atoms with Gasteiger partial charge in [-0.15, -0.1) is 0 Å². The molecule has 2 saturated carbocycles. The quantitative estimate of drug-likeness (QED) is 0.587. The van der Waals surface area contributed by atoms with Crippen LogP contribution in [0.15, 0.2) is 0 Å². The molecule has 2 rings (SSSR count). The van der Waals surface area contributed by atoms with Gasteiger partial charge in [-0.05, 0) is 24.7 Å². The van der Waals surface area contributed by atoms with Crippen LogP contribution in [0.25, 0.3) is 0 Å². The van der Waals surface area contributed by atoms with Gasteiger partial charge in [-0.3, -0.25) is 4.79 Å². The molecule has 3 atom stereocenters. The summed E-state index contributed by atoms with van der Waals surface area (Å²) >= 11 is 0. The average molecular weight is 169 g/mol. The largest absolute Gasteiger partial charge is 0.468 e. The van der Waals surface area contributed by atoms with Crippen LogP contribution in [0.2, 0.25) is 0 Å². The van der Waals surface area contributed by atoms with Gasteiger partial charge in [-0.2, -0.15) is 0 Å². The van der Waals surface area contributed by atoms with Crippen molar-refractivity contribution < 1.29 is 9.53 Å². The molecule has 2 aliphatic carbocycles. The predicted octanol–water partition coefficient (Wildman–Crippen LogP) is 0.677. The van der Waals surface area contributed by atoms with E-state index in [-0.39, 0.29) is 5.97 Å². The van der Waals surface area contributed by atoms with E-state index in [1.54, 1.807) is 0 Å². The molecule has 0 aromatic heterocycles. The van der Waals surface area contributed by atoms with E-state index in [2.05, 4.69) is 0 Å². The predicted molar refractivity (Wildman–Crippen MR) is 44.4 cm³/mol. The molecule has 0 radical (unpaired) electrons. The van der Waals surface area contributed by atoms with Crippen molar-refractivity contribution in [3.63, 3.8) is 0 Å². The van der Waals surface area contributed by atoms with Crippen LogP contribution in [0.5, 0.6) is 0 Å². The zero-order valence-corrected chi connectivity index (χ0v) is 7.38. The summed E-state index contributed by atoms with van der Waals surface area (Å²) in [5.41, 5.74) is 5.38. The minimum absolute atomic E-state index is 0.213. The van der Waals surface area contributed by atoms with Gasteiger partial charge in [0.15, 0.2) is 0 Å². The van der Waals surface area contributed by atoms with Crippen molar-refractivity contribution in [2.75, 3.05) is 7.11 Å². The average Bonchev–Trinajstić information content (AvgIpc) is 2.83. The maximum atomic E-state index is 11.4. The van der Waals surface area contributed by atoms with Gasteiger partial charge >= 0.3 is 5.97 Å². The van der Waals surface area contributed by atoms with Crippen molar-refractivity contribution in [2.45, 2.75) is 31.2 Å². The summed E-state index contributed by atoms with van der Waals surface area (Å²) in [6.07, 6.45) is 4.26. The topological polar surface area (TPSA) is 52.3 Å². The van der Waals surface area contributed by atoms with Gasteiger partial charge in [-0.25, -0.2) is 0 Å². The van der Waals surface area contributed by atoms with E-state index >= 15 is 0 Å². The molecule has 0 amide bonds. The first-order valence-corrected chi connectivity index (χ1v) is 4.56. The first-order chi connectivity index (χ1) is 5.68. The first kappa shape index (κ1) is 8.05. The normalized spacial score (nSPS) is 44.8. The lowest BCUT2D eigenvalue weighted by molar-refractivity contribution is -0.149. The fraction of sp³-hybridized carbons (Fsp3) is 0.889. The molecule has 2 fully saturated rings. The lowest BCUT2D eigenvalue weighted by atomic mass is 9.82. The Morgan fingerprint density at radius 1 is 1.67 bits per heavy atom. The molecule has 0 aromatic rings. The molecular weight excluding hydrogens is 154 g/mol. The third kappa shape index (κ3) is 0.959. The van der Waals surface area contributed by atoms with Gasteiger partial charge in [0.2, 0.25) is 0 Å². The number of hydrogen-bond acceptors (Lipinski definition) is 3. The molecule has 3 nitrogen and oxygen atoms in total. The van der Waals surface area contributed by atoms with Gasteiger partial charge in [-0.1, -0.05) is 12.8 Å². The summed E-state index contributed by atoms with van der Waals surface area (Å²) in [5, 5.41) is 0. The van der Waals surface area contributed by atoms with Crippen molar-refractivity contribution in [1.82, 2.24) is 0 Å². The van der Waals surface area contributed by atoms with Crippen molar-refractivity contribution >= 4 is 5.97 Å². The molecular formula is C9H15NO2. The van der Waals surface area contributed by atoms with Crippen LogP contribution in [0.3, 0.4) is 0 Å². The fourth-order valence-corrected chi connectivity index (χ4v) is 2.48. The van der Waals surface area contributed by atoms with E-state index in [0.717, 1.165) is 19.3 Å². The van der Waals surface area contributed by atoms with E-state index in [9.17, 15) is 4.79 Å². The second-order valence-electron chi connectivity index (χ2n) is 4.03. The van der Waals surface area contributed by atoms with Crippen molar-refractivity contribution in [3.8, 4) is 0 Å². The summed E-state index contributed by atoms with van der Waals surface area (Å²) in [6, 6.07) is 0. The number of carbonyl (C=O) groups excluding carboxylic acids is 1. The van der Waals surface area contributed by atoms with Gasteiger partial charge in [0.25, 0.3) is 0 Å². The molecule has 2 aliphatic rings. The Balaban J connectivity index is 2.13. The third-order valence-corrected chi connectivity index (χ3v) is 3.32. The Kier molecular flexibility index (Phi) is 1.65. The zero-order valence-electron chi connectivity index (χ0n) is 7.38. The smallest absolute Gasteiger partial charge is 0.326 e. The first-order valence-electron chi connectivity index (χ1n) is 4.56. The third-order valence-electron chi connectivity index (χ3n) is 3.32. The summed E-state index contributed by atoms with van der Waals surface area (Å²) in [4.78, 5) is 11.4. The minimum atomic E-state index is -0.641. The lowest BCUT2D eigenvalue weighted by Crippen LogP contribution is -2.52. The van der Waals surface area contributed by atoms with E-state index in [4.69, 9.17) is 10.5 Å². The summed E-state index contributed by atoms with van der Waals surface area (Å²) in [6.45, 7) is 0. The highest BCUT2D eigenvalue weighted by Crippen LogP contribution is 2.54. The van der Waals surface area contributed by atoms with Crippen LogP contribution in [0.4, 0.5) is 0 Å². The summed E-state index contributed by atoms with van der Waals surface area (Å²) in [5.74, 6) is 0.913. The zero-order chi connectivity index (χ0) is 8.77. The Hall–Kier alpha value is -0.570. The van der Waals surface area contributed by atoms with Crippen LogP contribution >= 0.6 is 0 Å². The molecule has 2 N–H and O–H groups in total. The van der Waals surface area contributed by atoms with E-state index in [0.29, 0.717) is 11.8 Å². The number of hydrogen-bond donors (Lipinski definition) is 1. The highest BCUT2D eigenvalue weighted by Gasteiger charge is 2.57. The minimum Gasteiger partial charge on any atom is -0.468 e. The molecule has 68 valence electrons. The summed E-state index contributed by atoms with van der Waals surface area (Å²) in [7, 11) is 1.42. The van der Waals surface area contributed by atoms with Gasteiger partial charge in [0.05, 0.1) is 7.11 Å². The van der Waals surface area contributed by atoms with Gasteiger partial charge in [0, 0.05) is 0 Å². The molecule has 12 heavy (non-hydrogen) atoms. The number of carbonyl (C=O) groups is 1. The molecule has 3 heteroatoms. The SMILES string of the molecule is COC(=O)C1(N)CCCC2CC21. The number of nitrogens with two attached hydrogens (primary N) is 1. The maximum Gasteiger partial charge on any atom is 0.326 e.